The molecule has 0 bridgehead atoms. The molecule has 98 valence electrons. The SMILES string of the molecule is CCCNC1CCN(c2ccc(C)c(Cl)c2)C1=O. The molecule has 1 aromatic rings. The molecule has 4 heteroatoms. The lowest BCUT2D eigenvalue weighted by Crippen LogP contribution is -2.38. The molecule has 1 saturated heterocycles. The average Bonchev–Trinajstić information content (AvgIpc) is 2.72. The second-order valence-corrected chi connectivity index (χ2v) is 5.13. The van der Waals surface area contributed by atoms with E-state index in [1.54, 1.807) is 0 Å². The van der Waals surface area contributed by atoms with E-state index in [1.165, 1.54) is 0 Å². The number of nitrogens with one attached hydrogen (secondary N) is 1. The number of carbonyl (C=O) groups excluding carboxylic acids is 1. The van der Waals surface area contributed by atoms with Gasteiger partial charge in [-0.05, 0) is 44.0 Å². The Morgan fingerprint density at radius 1 is 1.50 bits per heavy atom. The molecule has 1 aliphatic heterocycles. The molecule has 1 amide bonds. The number of halogens is 1. The van der Waals surface area contributed by atoms with E-state index in [0.29, 0.717) is 5.02 Å². The lowest BCUT2D eigenvalue weighted by atomic mass is 10.2. The summed E-state index contributed by atoms with van der Waals surface area (Å²) < 4.78 is 0. The number of carbonyl (C=O) groups is 1. The zero-order valence-electron chi connectivity index (χ0n) is 10.9. The maximum atomic E-state index is 12.2. The Hall–Kier alpha value is -1.06. The van der Waals surface area contributed by atoms with Crippen molar-refractivity contribution in [3.8, 4) is 0 Å². The third-order valence-electron chi connectivity index (χ3n) is 3.31. The van der Waals surface area contributed by atoms with Crippen LogP contribution in [0.1, 0.15) is 25.3 Å². The van der Waals surface area contributed by atoms with E-state index >= 15 is 0 Å². The predicted octanol–water partition coefficient (Wildman–Crippen LogP) is 2.75. The van der Waals surface area contributed by atoms with Gasteiger partial charge in [0.25, 0.3) is 0 Å². The van der Waals surface area contributed by atoms with Gasteiger partial charge in [-0.25, -0.2) is 0 Å². The van der Waals surface area contributed by atoms with E-state index in [-0.39, 0.29) is 11.9 Å². The molecule has 1 fully saturated rings. The van der Waals surface area contributed by atoms with Gasteiger partial charge in [0.1, 0.15) is 0 Å². The summed E-state index contributed by atoms with van der Waals surface area (Å²) >= 11 is 6.11. The van der Waals surface area contributed by atoms with Gasteiger partial charge >= 0.3 is 0 Å². The lowest BCUT2D eigenvalue weighted by Gasteiger charge is -2.18. The van der Waals surface area contributed by atoms with Crippen LogP contribution in [0.4, 0.5) is 5.69 Å². The first-order valence-electron chi connectivity index (χ1n) is 6.44. The number of hydrogen-bond acceptors (Lipinski definition) is 2. The van der Waals surface area contributed by atoms with Gasteiger partial charge in [-0.2, -0.15) is 0 Å². The van der Waals surface area contributed by atoms with E-state index in [0.717, 1.165) is 37.2 Å². The normalized spacial score (nSPS) is 19.6. The van der Waals surface area contributed by atoms with Crippen molar-refractivity contribution in [2.75, 3.05) is 18.0 Å². The van der Waals surface area contributed by atoms with Crippen LogP contribution >= 0.6 is 11.6 Å². The number of amides is 1. The largest absolute Gasteiger partial charge is 0.311 e. The molecule has 18 heavy (non-hydrogen) atoms. The standard InChI is InChI=1S/C14H19ClN2O/c1-3-7-16-13-6-8-17(14(13)18)11-5-4-10(2)12(15)9-11/h4-5,9,13,16H,3,6-8H2,1-2H3. The van der Waals surface area contributed by atoms with Crippen LogP contribution in [0.3, 0.4) is 0 Å². The van der Waals surface area contributed by atoms with Gasteiger partial charge in [-0.1, -0.05) is 24.6 Å². The predicted molar refractivity (Wildman–Crippen MR) is 75.2 cm³/mol. The number of rotatable bonds is 4. The minimum atomic E-state index is -0.0370. The molecule has 1 atom stereocenters. The van der Waals surface area contributed by atoms with Crippen LogP contribution in [0.2, 0.25) is 5.02 Å². The Bertz CT molecular complexity index is 447. The highest BCUT2D eigenvalue weighted by molar-refractivity contribution is 6.31. The van der Waals surface area contributed by atoms with Crippen molar-refractivity contribution in [3.63, 3.8) is 0 Å². The Morgan fingerprint density at radius 2 is 2.28 bits per heavy atom. The summed E-state index contributed by atoms with van der Waals surface area (Å²) in [4.78, 5) is 14.0. The number of anilines is 1. The molecule has 3 nitrogen and oxygen atoms in total. The van der Waals surface area contributed by atoms with Crippen molar-refractivity contribution in [1.82, 2.24) is 5.32 Å². The van der Waals surface area contributed by atoms with E-state index < -0.39 is 0 Å². The second kappa shape index (κ2) is 5.72. The third-order valence-corrected chi connectivity index (χ3v) is 3.72. The van der Waals surface area contributed by atoms with Gasteiger partial charge in [0.15, 0.2) is 0 Å². The number of hydrogen-bond donors (Lipinski definition) is 1. The summed E-state index contributed by atoms with van der Waals surface area (Å²) in [5.41, 5.74) is 1.93. The van der Waals surface area contributed by atoms with Crippen molar-refractivity contribution in [3.05, 3.63) is 28.8 Å². The highest BCUT2D eigenvalue weighted by Gasteiger charge is 2.31. The van der Waals surface area contributed by atoms with Gasteiger partial charge in [0, 0.05) is 17.3 Å². The van der Waals surface area contributed by atoms with E-state index in [4.69, 9.17) is 11.6 Å². The Labute approximate surface area is 113 Å². The lowest BCUT2D eigenvalue weighted by molar-refractivity contribution is -0.118. The average molecular weight is 267 g/mol. The molecule has 2 rings (SSSR count). The van der Waals surface area contributed by atoms with Gasteiger partial charge < -0.3 is 10.2 Å². The van der Waals surface area contributed by atoms with E-state index in [2.05, 4.69) is 12.2 Å². The molecule has 0 spiro atoms. The van der Waals surface area contributed by atoms with Gasteiger partial charge in [-0.3, -0.25) is 4.79 Å². The molecular formula is C14H19ClN2O. The van der Waals surface area contributed by atoms with Crippen molar-refractivity contribution in [2.45, 2.75) is 32.7 Å². The van der Waals surface area contributed by atoms with Gasteiger partial charge in [0.2, 0.25) is 5.91 Å². The molecule has 0 saturated carbocycles. The van der Waals surface area contributed by atoms with Crippen LogP contribution in [-0.4, -0.2) is 25.0 Å². The molecule has 1 aromatic carbocycles. The van der Waals surface area contributed by atoms with Crippen molar-refractivity contribution in [1.29, 1.82) is 0 Å². The summed E-state index contributed by atoms with van der Waals surface area (Å²) in [7, 11) is 0. The minimum Gasteiger partial charge on any atom is -0.311 e. The fourth-order valence-corrected chi connectivity index (χ4v) is 2.37. The van der Waals surface area contributed by atoms with Gasteiger partial charge in [0.05, 0.1) is 6.04 Å². The minimum absolute atomic E-state index is 0.0370. The first-order chi connectivity index (χ1) is 8.63. The zero-order valence-corrected chi connectivity index (χ0v) is 11.6. The maximum absolute atomic E-state index is 12.2. The Balaban J connectivity index is 2.10. The van der Waals surface area contributed by atoms with Crippen molar-refractivity contribution < 1.29 is 4.79 Å². The summed E-state index contributed by atoms with van der Waals surface area (Å²) in [6, 6.07) is 5.75. The second-order valence-electron chi connectivity index (χ2n) is 4.72. The third kappa shape index (κ3) is 2.68. The molecule has 0 radical (unpaired) electrons. The number of benzene rings is 1. The van der Waals surface area contributed by atoms with E-state index in [9.17, 15) is 4.79 Å². The maximum Gasteiger partial charge on any atom is 0.244 e. The topological polar surface area (TPSA) is 32.3 Å². The molecular weight excluding hydrogens is 248 g/mol. The van der Waals surface area contributed by atoms with Crippen LogP contribution in [0, 0.1) is 6.92 Å². The fourth-order valence-electron chi connectivity index (χ4n) is 2.19. The number of nitrogens with zero attached hydrogens (tertiary/aromatic N) is 1. The van der Waals surface area contributed by atoms with Crippen LogP contribution < -0.4 is 10.2 Å². The Kier molecular flexibility index (Phi) is 4.25. The molecule has 1 aliphatic rings. The highest BCUT2D eigenvalue weighted by Crippen LogP contribution is 2.26. The summed E-state index contributed by atoms with van der Waals surface area (Å²) in [5.74, 6) is 0.156. The molecule has 1 unspecified atom stereocenters. The van der Waals surface area contributed by atoms with Gasteiger partial charge in [-0.15, -0.1) is 0 Å². The first-order valence-corrected chi connectivity index (χ1v) is 6.82. The zero-order chi connectivity index (χ0) is 13.1. The fraction of sp³-hybridized carbons (Fsp3) is 0.500. The first kappa shape index (κ1) is 13.4. The van der Waals surface area contributed by atoms with Crippen molar-refractivity contribution in [2.24, 2.45) is 0 Å². The van der Waals surface area contributed by atoms with E-state index in [1.807, 2.05) is 30.0 Å². The van der Waals surface area contributed by atoms with Crippen LogP contribution in [0.25, 0.3) is 0 Å². The van der Waals surface area contributed by atoms with Crippen LogP contribution in [0.15, 0.2) is 18.2 Å². The van der Waals surface area contributed by atoms with Crippen LogP contribution in [-0.2, 0) is 4.79 Å². The Morgan fingerprint density at radius 3 is 2.94 bits per heavy atom. The highest BCUT2D eigenvalue weighted by atomic mass is 35.5. The van der Waals surface area contributed by atoms with Crippen LogP contribution in [0.5, 0.6) is 0 Å². The summed E-state index contributed by atoms with van der Waals surface area (Å²) in [6.45, 7) is 5.71. The molecule has 1 N–H and O–H groups in total. The van der Waals surface area contributed by atoms with Crippen molar-refractivity contribution >= 4 is 23.2 Å². The monoisotopic (exact) mass is 266 g/mol. The molecule has 0 aromatic heterocycles. The molecule has 0 aliphatic carbocycles. The summed E-state index contributed by atoms with van der Waals surface area (Å²) in [5, 5.41) is 4.00. The molecule has 1 heterocycles. The smallest absolute Gasteiger partial charge is 0.244 e. The number of aryl methyl sites for hydroxylation is 1. The quantitative estimate of drug-likeness (QED) is 0.909. The summed E-state index contributed by atoms with van der Waals surface area (Å²) in [6.07, 6.45) is 1.91.